The van der Waals surface area contributed by atoms with Gasteiger partial charge in [-0.3, -0.25) is 0 Å². The zero-order valence-corrected chi connectivity index (χ0v) is 22.0. The first-order valence-electron chi connectivity index (χ1n) is 13.1. The largest absolute Gasteiger partial charge is 0.0982 e. The highest BCUT2D eigenvalue weighted by Crippen LogP contribution is 2.57. The van der Waals surface area contributed by atoms with Crippen LogP contribution in [0.1, 0.15) is 78.8 Å². The SMILES string of the molecule is CCC#Cc1ccc2c(c1)C(C1c3c(ccc4ccccc34)C[C@H]1C)c1cc(C#CCC)ccc1S2. The number of rotatable bonds is 1. The summed E-state index contributed by atoms with van der Waals surface area (Å²) in [5, 5.41) is 2.75. The van der Waals surface area contributed by atoms with Crippen LogP contribution >= 0.6 is 11.8 Å². The highest BCUT2D eigenvalue weighted by molar-refractivity contribution is 7.99. The average Bonchev–Trinajstić information content (AvgIpc) is 3.25. The maximum absolute atomic E-state index is 3.40. The molecule has 0 bridgehead atoms. The molecule has 2 aliphatic rings. The van der Waals surface area contributed by atoms with Gasteiger partial charge in [-0.05, 0) is 87.7 Å². The molecule has 36 heavy (non-hydrogen) atoms. The maximum Gasteiger partial charge on any atom is 0.0249 e. The lowest BCUT2D eigenvalue weighted by Crippen LogP contribution is -2.20. The molecular weight excluding hydrogens is 452 g/mol. The summed E-state index contributed by atoms with van der Waals surface area (Å²) in [6.45, 7) is 6.67. The third kappa shape index (κ3) is 3.93. The minimum atomic E-state index is 0.282. The van der Waals surface area contributed by atoms with Gasteiger partial charge in [0.15, 0.2) is 0 Å². The van der Waals surface area contributed by atoms with E-state index in [9.17, 15) is 0 Å². The minimum absolute atomic E-state index is 0.282. The van der Waals surface area contributed by atoms with Crippen LogP contribution in [0.5, 0.6) is 0 Å². The second-order valence-electron chi connectivity index (χ2n) is 9.96. The molecule has 0 amide bonds. The van der Waals surface area contributed by atoms with Gasteiger partial charge in [-0.2, -0.15) is 0 Å². The van der Waals surface area contributed by atoms with E-state index in [1.54, 1.807) is 5.56 Å². The van der Waals surface area contributed by atoms with Crippen LogP contribution in [0.15, 0.2) is 82.6 Å². The molecule has 0 radical (unpaired) electrons. The first-order valence-corrected chi connectivity index (χ1v) is 13.9. The minimum Gasteiger partial charge on any atom is -0.0982 e. The Morgan fingerprint density at radius 2 is 1.42 bits per heavy atom. The standard InChI is InChI=1S/C35H30S/c1-4-6-10-24-14-18-31-29(21-24)35(30-22-25(11-7-5-2)15-19-32(30)36-31)33-23(3)20-27-17-16-26-12-8-9-13-28(26)34(27)33/h8-9,12-19,21-23,33,35H,4-5,20H2,1-3H3/t23-,33?/m1/s1. The molecule has 1 heteroatoms. The Bertz CT molecular complexity index is 1530. The van der Waals surface area contributed by atoms with Gasteiger partial charge in [-0.25, -0.2) is 0 Å². The van der Waals surface area contributed by atoms with Crippen molar-refractivity contribution in [2.24, 2.45) is 5.92 Å². The van der Waals surface area contributed by atoms with Gasteiger partial charge in [0, 0.05) is 39.7 Å². The predicted octanol–water partition coefficient (Wildman–Crippen LogP) is 8.94. The molecule has 0 nitrogen and oxygen atoms in total. The van der Waals surface area contributed by atoms with Gasteiger partial charge in [0.05, 0.1) is 0 Å². The lowest BCUT2D eigenvalue weighted by Gasteiger charge is -2.35. The van der Waals surface area contributed by atoms with Crippen molar-refractivity contribution in [3.63, 3.8) is 0 Å². The van der Waals surface area contributed by atoms with Crippen LogP contribution in [-0.4, -0.2) is 0 Å². The highest BCUT2D eigenvalue weighted by Gasteiger charge is 2.41. The van der Waals surface area contributed by atoms with Crippen molar-refractivity contribution < 1.29 is 0 Å². The van der Waals surface area contributed by atoms with E-state index in [-0.39, 0.29) is 5.92 Å². The molecule has 1 aliphatic heterocycles. The Morgan fingerprint density at radius 1 is 0.778 bits per heavy atom. The van der Waals surface area contributed by atoms with Crippen molar-refractivity contribution in [2.45, 2.75) is 61.7 Å². The molecule has 4 aromatic rings. The quantitative estimate of drug-likeness (QED) is 0.244. The van der Waals surface area contributed by atoms with Crippen LogP contribution in [0.4, 0.5) is 0 Å². The smallest absolute Gasteiger partial charge is 0.0249 e. The summed E-state index contributed by atoms with van der Waals surface area (Å²) in [7, 11) is 0. The third-order valence-corrected chi connectivity index (χ3v) is 8.82. The van der Waals surface area contributed by atoms with Crippen LogP contribution in [0.3, 0.4) is 0 Å². The van der Waals surface area contributed by atoms with Crippen molar-refractivity contribution in [2.75, 3.05) is 0 Å². The molecule has 0 saturated heterocycles. The van der Waals surface area contributed by atoms with Crippen molar-refractivity contribution in [3.8, 4) is 23.7 Å². The van der Waals surface area contributed by atoms with E-state index in [1.165, 1.54) is 37.3 Å². The third-order valence-electron chi connectivity index (χ3n) is 7.64. The summed E-state index contributed by atoms with van der Waals surface area (Å²) in [5.74, 6) is 14.6. The van der Waals surface area contributed by atoms with E-state index in [0.717, 1.165) is 30.4 Å². The number of fused-ring (bicyclic) bond motifs is 5. The summed E-state index contributed by atoms with van der Waals surface area (Å²) >= 11 is 1.90. The van der Waals surface area contributed by atoms with Crippen LogP contribution in [-0.2, 0) is 6.42 Å². The van der Waals surface area contributed by atoms with Gasteiger partial charge in [0.25, 0.3) is 0 Å². The highest BCUT2D eigenvalue weighted by atomic mass is 32.2. The van der Waals surface area contributed by atoms with Crippen molar-refractivity contribution >= 4 is 22.5 Å². The molecule has 176 valence electrons. The molecule has 0 saturated carbocycles. The zero-order valence-electron chi connectivity index (χ0n) is 21.2. The van der Waals surface area contributed by atoms with Crippen molar-refractivity contribution in [1.29, 1.82) is 0 Å². The second-order valence-corrected chi connectivity index (χ2v) is 11.0. The topological polar surface area (TPSA) is 0 Å². The zero-order chi connectivity index (χ0) is 24.6. The van der Waals surface area contributed by atoms with Crippen molar-refractivity contribution in [3.05, 3.63) is 106 Å². The Labute approximate surface area is 219 Å². The van der Waals surface area contributed by atoms with Crippen LogP contribution in [0.2, 0.25) is 0 Å². The second kappa shape index (κ2) is 9.58. The van der Waals surface area contributed by atoms with Gasteiger partial charge in [-0.15, -0.1) is 0 Å². The Morgan fingerprint density at radius 3 is 2.06 bits per heavy atom. The summed E-state index contributed by atoms with van der Waals surface area (Å²) < 4.78 is 0. The fourth-order valence-corrected chi connectivity index (χ4v) is 7.26. The average molecular weight is 483 g/mol. The van der Waals surface area contributed by atoms with Gasteiger partial charge < -0.3 is 0 Å². The molecule has 6 rings (SSSR count). The number of hydrogen-bond donors (Lipinski definition) is 0. The summed E-state index contributed by atoms with van der Waals surface area (Å²) in [6.07, 6.45) is 2.87. The van der Waals surface area contributed by atoms with E-state index in [2.05, 4.69) is 117 Å². The van der Waals surface area contributed by atoms with E-state index < -0.39 is 0 Å². The van der Waals surface area contributed by atoms with E-state index >= 15 is 0 Å². The Hall–Kier alpha value is -3.39. The molecule has 1 heterocycles. The van der Waals surface area contributed by atoms with Crippen molar-refractivity contribution in [1.82, 2.24) is 0 Å². The lowest BCUT2D eigenvalue weighted by molar-refractivity contribution is 0.450. The molecule has 0 fully saturated rings. The Balaban J connectivity index is 1.61. The summed E-state index contributed by atoms with van der Waals surface area (Å²) in [4.78, 5) is 2.73. The molecule has 0 spiro atoms. The molecular formula is C35H30S. The molecule has 0 aromatic heterocycles. The predicted molar refractivity (Wildman–Crippen MR) is 153 cm³/mol. The van der Waals surface area contributed by atoms with Gasteiger partial charge in [-0.1, -0.05) is 92.6 Å². The molecule has 0 N–H and O–H groups in total. The number of benzene rings is 4. The van der Waals surface area contributed by atoms with E-state index in [0.29, 0.717) is 11.8 Å². The summed E-state index contributed by atoms with van der Waals surface area (Å²) in [6, 6.07) is 27.3. The van der Waals surface area contributed by atoms with E-state index in [1.807, 2.05) is 11.8 Å². The molecule has 2 atom stereocenters. The normalized spacial score (nSPS) is 17.9. The Kier molecular flexibility index (Phi) is 6.13. The molecule has 4 aromatic carbocycles. The fraction of sp³-hybridized carbons (Fsp3) is 0.257. The van der Waals surface area contributed by atoms with E-state index in [4.69, 9.17) is 0 Å². The maximum atomic E-state index is 3.40. The van der Waals surface area contributed by atoms with Gasteiger partial charge in [0.2, 0.25) is 0 Å². The van der Waals surface area contributed by atoms with Crippen LogP contribution < -0.4 is 0 Å². The van der Waals surface area contributed by atoms with Gasteiger partial charge in [0.1, 0.15) is 0 Å². The lowest BCUT2D eigenvalue weighted by atomic mass is 9.73. The van der Waals surface area contributed by atoms with Gasteiger partial charge >= 0.3 is 0 Å². The summed E-state index contributed by atoms with van der Waals surface area (Å²) in [5.41, 5.74) is 8.15. The first-order chi connectivity index (χ1) is 17.7. The fourth-order valence-electron chi connectivity index (χ4n) is 6.14. The van der Waals surface area contributed by atoms with Crippen LogP contribution in [0.25, 0.3) is 10.8 Å². The molecule has 1 unspecified atom stereocenters. The number of hydrogen-bond acceptors (Lipinski definition) is 1. The first kappa shape index (κ1) is 23.0. The monoisotopic (exact) mass is 482 g/mol. The van der Waals surface area contributed by atoms with Crippen LogP contribution in [0, 0.1) is 29.6 Å². The molecule has 1 aliphatic carbocycles.